The van der Waals surface area contributed by atoms with Crippen LogP contribution in [-0.4, -0.2) is 56.1 Å². The highest BCUT2D eigenvalue weighted by Gasteiger charge is 2.58. The van der Waals surface area contributed by atoms with Gasteiger partial charge < -0.3 is 24.3 Å². The van der Waals surface area contributed by atoms with Crippen LogP contribution in [0.4, 0.5) is 5.82 Å². The van der Waals surface area contributed by atoms with E-state index in [2.05, 4.69) is 20.3 Å². The van der Waals surface area contributed by atoms with Crippen LogP contribution in [0.5, 0.6) is 6.01 Å². The number of ether oxygens (including phenoxy) is 4. The van der Waals surface area contributed by atoms with Crippen molar-refractivity contribution < 1.29 is 23.7 Å². The summed E-state index contributed by atoms with van der Waals surface area (Å²) in [6.45, 7) is 4.04. The van der Waals surface area contributed by atoms with E-state index in [1.807, 2.05) is 19.9 Å². The smallest absolute Gasteiger partial charge is 0.301 e. The molecule has 1 N–H and O–H groups in total. The highest BCUT2D eigenvalue weighted by atomic mass is 16.8. The minimum absolute atomic E-state index is 0.241. The van der Waals surface area contributed by atoms with Gasteiger partial charge in [0.1, 0.15) is 31.2 Å². The van der Waals surface area contributed by atoms with E-state index >= 15 is 0 Å². The Morgan fingerprint density at radius 1 is 1.17 bits per heavy atom. The van der Waals surface area contributed by atoms with Crippen LogP contribution in [0.3, 0.4) is 0 Å². The molecule has 30 heavy (non-hydrogen) atoms. The maximum atomic E-state index is 12.6. The first-order chi connectivity index (χ1) is 14.5. The second kappa shape index (κ2) is 6.21. The monoisotopic (exact) mass is 409 g/mol. The molecule has 2 aromatic heterocycles. The van der Waals surface area contributed by atoms with Crippen molar-refractivity contribution >= 4 is 22.9 Å². The van der Waals surface area contributed by atoms with Gasteiger partial charge >= 0.3 is 6.01 Å². The van der Waals surface area contributed by atoms with Gasteiger partial charge in [-0.05, 0) is 26.0 Å². The second-order valence-electron chi connectivity index (χ2n) is 7.92. The molecule has 0 spiro atoms. The number of carbonyl (C=O) groups excluding carboxylic acids is 1. The van der Waals surface area contributed by atoms with Gasteiger partial charge in [0.15, 0.2) is 29.0 Å². The lowest BCUT2D eigenvalue weighted by Crippen LogP contribution is -2.34. The molecule has 0 saturated carbocycles. The summed E-state index contributed by atoms with van der Waals surface area (Å²) in [4.78, 5) is 25.8. The van der Waals surface area contributed by atoms with Gasteiger partial charge in [-0.3, -0.25) is 4.79 Å². The summed E-state index contributed by atoms with van der Waals surface area (Å²) >= 11 is 0. The number of rotatable bonds is 2. The molecule has 0 unspecified atom stereocenters. The molecule has 1 amide bonds. The fourth-order valence-corrected chi connectivity index (χ4v) is 4.24. The zero-order valence-corrected chi connectivity index (χ0v) is 16.3. The van der Waals surface area contributed by atoms with E-state index < -0.39 is 12.0 Å². The summed E-state index contributed by atoms with van der Waals surface area (Å²) in [5.41, 5.74) is 1.42. The van der Waals surface area contributed by atoms with E-state index in [1.165, 1.54) is 6.33 Å². The van der Waals surface area contributed by atoms with Crippen LogP contribution < -0.4 is 10.1 Å². The molecule has 0 aliphatic carbocycles. The van der Waals surface area contributed by atoms with Crippen LogP contribution in [0.25, 0.3) is 11.2 Å². The Kier molecular flexibility index (Phi) is 3.67. The van der Waals surface area contributed by atoms with Crippen molar-refractivity contribution in [3.05, 3.63) is 42.2 Å². The third-order valence-corrected chi connectivity index (χ3v) is 5.47. The third kappa shape index (κ3) is 2.61. The summed E-state index contributed by atoms with van der Waals surface area (Å²) in [5, 5.41) is 2.81. The molecule has 6 rings (SSSR count). The second-order valence-corrected chi connectivity index (χ2v) is 7.92. The molecule has 2 saturated heterocycles. The van der Waals surface area contributed by atoms with Crippen LogP contribution in [0.15, 0.2) is 36.7 Å². The van der Waals surface area contributed by atoms with Gasteiger partial charge in [0.05, 0.1) is 0 Å². The van der Waals surface area contributed by atoms with Gasteiger partial charge in [-0.2, -0.15) is 4.98 Å². The van der Waals surface area contributed by atoms with E-state index in [-0.39, 0.29) is 30.8 Å². The molecule has 2 bridgehead atoms. The zero-order valence-electron chi connectivity index (χ0n) is 16.3. The summed E-state index contributed by atoms with van der Waals surface area (Å²) in [6.07, 6.45) is 0.0503. The first kappa shape index (κ1) is 17.8. The van der Waals surface area contributed by atoms with Gasteiger partial charge in [0.2, 0.25) is 0 Å². The number of amides is 1. The molecule has 3 aliphatic heterocycles. The van der Waals surface area contributed by atoms with Crippen LogP contribution in [-0.2, 0) is 14.2 Å². The molecule has 154 valence electrons. The van der Waals surface area contributed by atoms with Crippen molar-refractivity contribution in [3.8, 4) is 6.01 Å². The minimum atomic E-state index is -0.708. The van der Waals surface area contributed by atoms with Gasteiger partial charge in [-0.1, -0.05) is 18.2 Å². The van der Waals surface area contributed by atoms with Crippen LogP contribution in [0.1, 0.15) is 30.4 Å². The Morgan fingerprint density at radius 3 is 2.80 bits per heavy atom. The summed E-state index contributed by atoms with van der Waals surface area (Å²) in [7, 11) is 0. The average molecular weight is 409 g/mol. The Morgan fingerprint density at radius 2 is 1.97 bits per heavy atom. The third-order valence-electron chi connectivity index (χ3n) is 5.47. The van der Waals surface area contributed by atoms with E-state index in [0.29, 0.717) is 28.6 Å². The molecule has 3 aliphatic rings. The number of carbonyl (C=O) groups is 1. The fourth-order valence-electron chi connectivity index (χ4n) is 4.24. The topological polar surface area (TPSA) is 110 Å². The molecule has 0 radical (unpaired) electrons. The van der Waals surface area contributed by atoms with E-state index in [4.69, 9.17) is 18.9 Å². The number of nitrogens with zero attached hydrogens (tertiary/aromatic N) is 4. The van der Waals surface area contributed by atoms with Crippen molar-refractivity contribution in [2.75, 3.05) is 11.9 Å². The summed E-state index contributed by atoms with van der Waals surface area (Å²) < 4.78 is 25.9. The molecule has 4 atom stereocenters. The number of imidazole rings is 1. The number of aromatic nitrogens is 4. The predicted octanol–water partition coefficient (Wildman–Crippen LogP) is 1.89. The number of fused-ring (bicyclic) bond motifs is 9. The lowest BCUT2D eigenvalue weighted by atomic mass is 10.1. The van der Waals surface area contributed by atoms with E-state index in [1.54, 1.807) is 28.8 Å². The summed E-state index contributed by atoms with van der Waals surface area (Å²) in [6, 6.07) is 9.25. The molecule has 1 aromatic carbocycles. The van der Waals surface area contributed by atoms with E-state index in [9.17, 15) is 4.79 Å². The van der Waals surface area contributed by atoms with Crippen LogP contribution in [0.2, 0.25) is 0 Å². The maximum absolute atomic E-state index is 12.6. The fraction of sp³-hybridized carbons (Fsp3) is 0.400. The molecule has 10 heteroatoms. The van der Waals surface area contributed by atoms with Crippen molar-refractivity contribution in [3.63, 3.8) is 0 Å². The number of anilines is 1. The Hall–Kier alpha value is -3.08. The lowest BCUT2D eigenvalue weighted by Gasteiger charge is -2.22. The number of hydrogen-bond donors (Lipinski definition) is 1. The molecule has 5 heterocycles. The number of nitrogens with one attached hydrogen (secondary N) is 1. The van der Waals surface area contributed by atoms with Gasteiger partial charge in [0.25, 0.3) is 5.91 Å². The first-order valence-electron chi connectivity index (χ1n) is 9.73. The maximum Gasteiger partial charge on any atom is 0.301 e. The minimum Gasteiger partial charge on any atom is -0.462 e. The molecular weight excluding hydrogens is 390 g/mol. The van der Waals surface area contributed by atoms with Crippen molar-refractivity contribution in [1.82, 2.24) is 19.5 Å². The Balaban J connectivity index is 1.40. The molecule has 2 fully saturated rings. The van der Waals surface area contributed by atoms with Crippen molar-refractivity contribution in [1.29, 1.82) is 0 Å². The number of hydrogen-bond acceptors (Lipinski definition) is 8. The first-order valence-corrected chi connectivity index (χ1v) is 9.73. The normalized spacial score (nSPS) is 28.5. The Labute approximate surface area is 171 Å². The van der Waals surface area contributed by atoms with Crippen LogP contribution >= 0.6 is 0 Å². The molecular formula is C20H19N5O5. The average Bonchev–Trinajstić information content (AvgIpc) is 3.30. The van der Waals surface area contributed by atoms with Gasteiger partial charge in [0, 0.05) is 5.56 Å². The highest BCUT2D eigenvalue weighted by molar-refractivity contribution is 6.06. The largest absolute Gasteiger partial charge is 0.462 e. The van der Waals surface area contributed by atoms with Crippen molar-refractivity contribution in [2.45, 2.75) is 44.2 Å². The zero-order chi connectivity index (χ0) is 20.5. The van der Waals surface area contributed by atoms with E-state index in [0.717, 1.165) is 0 Å². The highest BCUT2D eigenvalue weighted by Crippen LogP contribution is 2.47. The number of benzene rings is 1. The predicted molar refractivity (Wildman–Crippen MR) is 103 cm³/mol. The SMILES string of the molecule is CC1(C)O[C@@H]2[C@H](O1)[C@H]1COc3nc4c(NC(=O)c5ccccc5)ncnc4n3[C@@H]2O1. The van der Waals surface area contributed by atoms with Gasteiger partial charge in [-0.25, -0.2) is 14.5 Å². The van der Waals surface area contributed by atoms with Gasteiger partial charge in [-0.15, -0.1) is 0 Å². The standard InChI is InChI=1S/C20H19N5O5/c1-20(2)29-13-11-8-27-19-23-12-15(24-17(26)10-6-4-3-5-7-10)21-9-22-16(12)25(19)18(28-11)14(13)30-20/h3-7,9,11,13-14,18H,8H2,1-2H3,(H,21,22,24,26)/t11-,13-,14-,18-/m1/s1. The quantitative estimate of drug-likeness (QED) is 0.683. The lowest BCUT2D eigenvalue weighted by molar-refractivity contribution is -0.195. The molecule has 10 nitrogen and oxygen atoms in total. The molecule has 3 aromatic rings. The summed E-state index contributed by atoms with van der Waals surface area (Å²) in [5.74, 6) is -0.695. The van der Waals surface area contributed by atoms with Crippen LogP contribution in [0, 0.1) is 0 Å². The Bertz CT molecular complexity index is 1150. The van der Waals surface area contributed by atoms with Crippen molar-refractivity contribution in [2.24, 2.45) is 0 Å².